The number of rotatable bonds is 8. The van der Waals surface area contributed by atoms with Gasteiger partial charge in [-0.3, -0.25) is 4.79 Å². The van der Waals surface area contributed by atoms with Gasteiger partial charge in [0.15, 0.2) is 0 Å². The Bertz CT molecular complexity index is 261. The maximum Gasteiger partial charge on any atom is 0.233 e. The lowest BCUT2D eigenvalue weighted by Crippen LogP contribution is -2.39. The summed E-state index contributed by atoms with van der Waals surface area (Å²) >= 11 is 0. The van der Waals surface area contributed by atoms with Crippen LogP contribution in [0.2, 0.25) is 0 Å². The first-order chi connectivity index (χ1) is 9.11. The average Bonchev–Trinajstić information content (AvgIpc) is 2.37. The topological polar surface area (TPSA) is 70.6 Å². The van der Waals surface area contributed by atoms with Crippen molar-refractivity contribution in [3.05, 3.63) is 0 Å². The Morgan fingerprint density at radius 3 is 2.95 bits per heavy atom. The van der Waals surface area contributed by atoms with Crippen molar-refractivity contribution in [1.82, 2.24) is 10.6 Å². The van der Waals surface area contributed by atoms with Gasteiger partial charge < -0.3 is 20.5 Å². The van der Waals surface area contributed by atoms with Gasteiger partial charge in [0.2, 0.25) is 5.91 Å². The number of ether oxygens (including phenoxy) is 1. The number of likely N-dealkylation sites (N-methyl/N-ethyl adjacent to an activating group) is 1. The fourth-order valence-corrected chi connectivity index (χ4v) is 2.45. The SMILES string of the molecule is CCNC(=O)CNCC(O)COC1CCCC(C)C1. The van der Waals surface area contributed by atoms with Gasteiger partial charge in [-0.15, -0.1) is 0 Å². The second-order valence-electron chi connectivity index (χ2n) is 5.47. The molecular weight excluding hydrogens is 244 g/mol. The summed E-state index contributed by atoms with van der Waals surface area (Å²) in [6.07, 6.45) is 4.45. The molecule has 5 heteroatoms. The minimum atomic E-state index is -0.549. The first kappa shape index (κ1) is 16.4. The lowest BCUT2D eigenvalue weighted by molar-refractivity contribution is -0.120. The molecule has 1 aliphatic carbocycles. The molecule has 0 radical (unpaired) electrons. The zero-order valence-corrected chi connectivity index (χ0v) is 12.2. The maximum absolute atomic E-state index is 11.2. The zero-order chi connectivity index (χ0) is 14.1. The minimum absolute atomic E-state index is 0.0447. The number of aliphatic hydroxyl groups is 1. The molecule has 3 unspecified atom stereocenters. The second kappa shape index (κ2) is 9.28. The molecule has 19 heavy (non-hydrogen) atoms. The van der Waals surface area contributed by atoms with E-state index in [4.69, 9.17) is 4.74 Å². The van der Waals surface area contributed by atoms with Crippen molar-refractivity contribution in [3.63, 3.8) is 0 Å². The molecule has 0 bridgehead atoms. The van der Waals surface area contributed by atoms with E-state index in [0.717, 1.165) is 18.8 Å². The van der Waals surface area contributed by atoms with Crippen molar-refractivity contribution in [1.29, 1.82) is 0 Å². The van der Waals surface area contributed by atoms with E-state index < -0.39 is 6.10 Å². The molecule has 0 aliphatic heterocycles. The van der Waals surface area contributed by atoms with Gasteiger partial charge >= 0.3 is 0 Å². The van der Waals surface area contributed by atoms with Crippen LogP contribution in [0.25, 0.3) is 0 Å². The summed E-state index contributed by atoms with van der Waals surface area (Å²) in [5.74, 6) is 0.684. The number of carbonyl (C=O) groups is 1. The number of hydrogen-bond acceptors (Lipinski definition) is 4. The highest BCUT2D eigenvalue weighted by molar-refractivity contribution is 5.77. The molecule has 1 fully saturated rings. The highest BCUT2D eigenvalue weighted by atomic mass is 16.5. The van der Waals surface area contributed by atoms with Crippen LogP contribution < -0.4 is 10.6 Å². The third-order valence-corrected chi connectivity index (χ3v) is 3.45. The summed E-state index contributed by atoms with van der Waals surface area (Å²) in [5, 5.41) is 15.4. The van der Waals surface area contributed by atoms with Crippen LogP contribution in [0.15, 0.2) is 0 Å². The van der Waals surface area contributed by atoms with E-state index in [0.29, 0.717) is 25.8 Å². The Morgan fingerprint density at radius 1 is 1.47 bits per heavy atom. The fraction of sp³-hybridized carbons (Fsp3) is 0.929. The number of nitrogens with one attached hydrogen (secondary N) is 2. The summed E-state index contributed by atoms with van der Waals surface area (Å²) in [6, 6.07) is 0. The van der Waals surface area contributed by atoms with Gasteiger partial charge in [0.25, 0.3) is 0 Å². The number of amides is 1. The van der Waals surface area contributed by atoms with Gasteiger partial charge in [-0.05, 0) is 25.7 Å². The molecule has 0 spiro atoms. The van der Waals surface area contributed by atoms with Gasteiger partial charge in [-0.1, -0.05) is 19.8 Å². The van der Waals surface area contributed by atoms with Crippen molar-refractivity contribution in [3.8, 4) is 0 Å². The quantitative estimate of drug-likeness (QED) is 0.607. The lowest BCUT2D eigenvalue weighted by atomic mass is 9.89. The largest absolute Gasteiger partial charge is 0.389 e. The molecular formula is C14H28N2O3. The molecule has 0 aromatic heterocycles. The first-order valence-electron chi connectivity index (χ1n) is 7.38. The number of hydrogen-bond donors (Lipinski definition) is 3. The smallest absolute Gasteiger partial charge is 0.233 e. The maximum atomic E-state index is 11.2. The van der Waals surface area contributed by atoms with Crippen LogP contribution in [-0.4, -0.2) is 49.5 Å². The van der Waals surface area contributed by atoms with Crippen LogP contribution in [0.3, 0.4) is 0 Å². The summed E-state index contributed by atoms with van der Waals surface area (Å²) in [6.45, 7) is 5.74. The van der Waals surface area contributed by atoms with Crippen LogP contribution in [0.4, 0.5) is 0 Å². The summed E-state index contributed by atoms with van der Waals surface area (Å²) in [7, 11) is 0. The van der Waals surface area contributed by atoms with Crippen LogP contribution in [0.1, 0.15) is 39.5 Å². The van der Waals surface area contributed by atoms with E-state index in [9.17, 15) is 9.90 Å². The molecule has 3 atom stereocenters. The molecule has 1 aliphatic rings. The molecule has 0 heterocycles. The summed E-state index contributed by atoms with van der Waals surface area (Å²) in [5.41, 5.74) is 0. The van der Waals surface area contributed by atoms with Crippen molar-refractivity contribution in [2.24, 2.45) is 5.92 Å². The number of aliphatic hydroxyl groups excluding tert-OH is 1. The Balaban J connectivity index is 2.04. The molecule has 0 aromatic carbocycles. The van der Waals surface area contributed by atoms with Gasteiger partial charge in [0.1, 0.15) is 0 Å². The monoisotopic (exact) mass is 272 g/mol. The Morgan fingerprint density at radius 2 is 2.26 bits per heavy atom. The highest BCUT2D eigenvalue weighted by Gasteiger charge is 2.20. The van der Waals surface area contributed by atoms with Crippen molar-refractivity contribution < 1.29 is 14.6 Å². The molecule has 0 saturated heterocycles. The van der Waals surface area contributed by atoms with Crippen molar-refractivity contribution in [2.45, 2.75) is 51.7 Å². The van der Waals surface area contributed by atoms with Crippen LogP contribution in [0.5, 0.6) is 0 Å². The minimum Gasteiger partial charge on any atom is -0.389 e. The van der Waals surface area contributed by atoms with Gasteiger partial charge in [0, 0.05) is 13.1 Å². The van der Waals surface area contributed by atoms with Crippen LogP contribution >= 0.6 is 0 Å². The third-order valence-electron chi connectivity index (χ3n) is 3.45. The molecule has 5 nitrogen and oxygen atoms in total. The number of carbonyl (C=O) groups excluding carboxylic acids is 1. The third kappa shape index (κ3) is 7.50. The first-order valence-corrected chi connectivity index (χ1v) is 7.38. The second-order valence-corrected chi connectivity index (χ2v) is 5.47. The van der Waals surface area contributed by atoms with E-state index >= 15 is 0 Å². The molecule has 1 saturated carbocycles. The molecule has 1 amide bonds. The lowest BCUT2D eigenvalue weighted by Gasteiger charge is -2.27. The van der Waals surface area contributed by atoms with Gasteiger partial charge in [-0.25, -0.2) is 0 Å². The summed E-state index contributed by atoms with van der Waals surface area (Å²) < 4.78 is 5.73. The Labute approximate surface area is 116 Å². The molecule has 3 N–H and O–H groups in total. The zero-order valence-electron chi connectivity index (χ0n) is 12.2. The average molecular weight is 272 g/mol. The predicted octanol–water partition coefficient (Wildman–Crippen LogP) is 0.668. The normalized spacial score (nSPS) is 25.0. The van der Waals surface area contributed by atoms with Gasteiger partial charge in [0.05, 0.1) is 25.4 Å². The van der Waals surface area contributed by atoms with E-state index in [2.05, 4.69) is 17.6 Å². The van der Waals surface area contributed by atoms with E-state index in [1.165, 1.54) is 12.8 Å². The molecule has 112 valence electrons. The predicted molar refractivity (Wildman–Crippen MR) is 74.9 cm³/mol. The highest BCUT2D eigenvalue weighted by Crippen LogP contribution is 2.25. The fourth-order valence-electron chi connectivity index (χ4n) is 2.45. The summed E-state index contributed by atoms with van der Waals surface area (Å²) in [4.78, 5) is 11.2. The van der Waals surface area contributed by atoms with Gasteiger partial charge in [-0.2, -0.15) is 0 Å². The van der Waals surface area contributed by atoms with E-state index in [-0.39, 0.29) is 12.5 Å². The molecule has 0 aromatic rings. The molecule has 1 rings (SSSR count). The van der Waals surface area contributed by atoms with Crippen molar-refractivity contribution >= 4 is 5.91 Å². The van der Waals surface area contributed by atoms with Crippen molar-refractivity contribution in [2.75, 3.05) is 26.2 Å². The van der Waals surface area contributed by atoms with Crippen LogP contribution in [0, 0.1) is 5.92 Å². The van der Waals surface area contributed by atoms with E-state index in [1.807, 2.05) is 6.92 Å². The van der Waals surface area contributed by atoms with Crippen LogP contribution in [-0.2, 0) is 9.53 Å². The Kier molecular flexibility index (Phi) is 8.02. The van der Waals surface area contributed by atoms with E-state index in [1.54, 1.807) is 0 Å². The standard InChI is InChI=1S/C14H28N2O3/c1-3-16-14(18)9-15-8-12(17)10-19-13-6-4-5-11(2)7-13/h11-13,15,17H,3-10H2,1-2H3,(H,16,18). The Hall–Kier alpha value is -0.650.